The van der Waals surface area contributed by atoms with E-state index in [4.69, 9.17) is 22.1 Å². The Kier molecular flexibility index (Phi) is 4.85. The first-order valence-corrected chi connectivity index (χ1v) is 9.04. The van der Waals surface area contributed by atoms with Gasteiger partial charge in [-0.15, -0.1) is 0 Å². The molecule has 0 spiro atoms. The molecule has 0 aromatic heterocycles. The highest BCUT2D eigenvalue weighted by atomic mass is 79.9. The highest BCUT2D eigenvalue weighted by Gasteiger charge is 2.40. The minimum absolute atomic E-state index is 0.0347. The van der Waals surface area contributed by atoms with Gasteiger partial charge in [0.25, 0.3) is 11.8 Å². The van der Waals surface area contributed by atoms with E-state index in [0.717, 1.165) is 11.8 Å². The first kappa shape index (κ1) is 17.9. The largest absolute Gasteiger partial charge is 0.495 e. The Morgan fingerprint density at radius 2 is 2.16 bits per heavy atom. The summed E-state index contributed by atoms with van der Waals surface area (Å²) in [5.74, 6) is -1.45. The van der Waals surface area contributed by atoms with Crippen molar-refractivity contribution in [2.24, 2.45) is 0 Å². The number of nitrogens with one attached hydrogen (secondary N) is 1. The van der Waals surface area contributed by atoms with Gasteiger partial charge in [-0.3, -0.25) is 19.3 Å². The molecule has 1 fully saturated rings. The molecule has 2 aliphatic heterocycles. The van der Waals surface area contributed by atoms with Crippen LogP contribution in [0.3, 0.4) is 0 Å². The normalized spacial score (nSPS) is 19.3. The van der Waals surface area contributed by atoms with Crippen molar-refractivity contribution in [2.45, 2.75) is 6.42 Å². The summed E-state index contributed by atoms with van der Waals surface area (Å²) >= 11 is 9.52. The third-order valence-electron chi connectivity index (χ3n) is 3.65. The number of amides is 2. The number of rotatable bonds is 4. The molecule has 1 saturated heterocycles. The van der Waals surface area contributed by atoms with Crippen LogP contribution in [0.25, 0.3) is 5.57 Å². The van der Waals surface area contributed by atoms with Gasteiger partial charge in [0.15, 0.2) is 0 Å². The Hall–Kier alpha value is -1.91. The van der Waals surface area contributed by atoms with Crippen molar-refractivity contribution >= 4 is 73.3 Å². The van der Waals surface area contributed by atoms with Gasteiger partial charge in [-0.05, 0) is 12.1 Å². The van der Waals surface area contributed by atoms with E-state index in [1.807, 2.05) is 0 Å². The molecule has 2 amide bonds. The van der Waals surface area contributed by atoms with Gasteiger partial charge in [0.1, 0.15) is 10.1 Å². The summed E-state index contributed by atoms with van der Waals surface area (Å²) in [7, 11) is 1.48. The molecule has 25 heavy (non-hydrogen) atoms. The van der Waals surface area contributed by atoms with E-state index in [9.17, 15) is 14.4 Å². The molecule has 10 heteroatoms. The van der Waals surface area contributed by atoms with Crippen molar-refractivity contribution < 1.29 is 24.2 Å². The second-order valence-corrected chi connectivity index (χ2v) is 7.72. The second kappa shape index (κ2) is 6.77. The van der Waals surface area contributed by atoms with E-state index in [-0.39, 0.29) is 27.8 Å². The number of ether oxygens (including phenoxy) is 1. The molecule has 2 N–H and O–H groups in total. The highest BCUT2D eigenvalue weighted by Crippen LogP contribution is 2.46. The Labute approximate surface area is 160 Å². The molecular weight excluding hydrogens is 432 g/mol. The van der Waals surface area contributed by atoms with Crippen molar-refractivity contribution in [1.29, 1.82) is 0 Å². The predicted molar refractivity (Wildman–Crippen MR) is 100 cm³/mol. The number of hydrogen-bond donors (Lipinski definition) is 2. The van der Waals surface area contributed by atoms with Crippen molar-refractivity contribution in [2.75, 3.05) is 19.0 Å². The van der Waals surface area contributed by atoms with E-state index in [2.05, 4.69) is 21.2 Å². The number of hydrogen-bond acceptors (Lipinski definition) is 6. The van der Waals surface area contributed by atoms with Crippen LogP contribution in [0.15, 0.2) is 21.5 Å². The molecule has 3 rings (SSSR count). The summed E-state index contributed by atoms with van der Waals surface area (Å²) in [5.41, 5.74) is 1.24. The van der Waals surface area contributed by atoms with E-state index in [1.165, 1.54) is 12.0 Å². The summed E-state index contributed by atoms with van der Waals surface area (Å²) in [5, 5.41) is 11.5. The smallest absolute Gasteiger partial charge is 0.305 e. The maximum absolute atomic E-state index is 12.7. The number of carboxylic acids is 1. The van der Waals surface area contributed by atoms with Gasteiger partial charge in [0, 0.05) is 16.6 Å². The Morgan fingerprint density at radius 1 is 1.44 bits per heavy atom. The van der Waals surface area contributed by atoms with E-state index >= 15 is 0 Å². The molecular formula is C15H11BrN2O5S2. The van der Waals surface area contributed by atoms with Gasteiger partial charge < -0.3 is 15.2 Å². The zero-order chi connectivity index (χ0) is 18.3. The molecule has 0 saturated carbocycles. The van der Waals surface area contributed by atoms with Gasteiger partial charge in [0.05, 0.1) is 29.7 Å². The molecule has 130 valence electrons. The van der Waals surface area contributed by atoms with Crippen molar-refractivity contribution in [3.05, 3.63) is 27.1 Å². The standard InChI is InChI=1S/C15H11BrN2O5S2/c1-23-8-5-6(16)4-7-10(13(21)17-11(7)8)12-14(22)18(15(24)25-12)3-2-9(19)20/h4-5H,2-3H2,1H3,(H,17,21)(H,19,20)/b12-10-. The van der Waals surface area contributed by atoms with Gasteiger partial charge >= 0.3 is 5.97 Å². The SMILES string of the molecule is COc1cc(Br)cc2c1NC(=O)/C2=C1\SC(=S)N(CCC(=O)O)C1=O. The van der Waals surface area contributed by atoms with E-state index < -0.39 is 17.8 Å². The molecule has 0 atom stereocenters. The van der Waals surface area contributed by atoms with Gasteiger partial charge in [-0.25, -0.2) is 0 Å². The van der Waals surface area contributed by atoms with Crippen LogP contribution in [0.2, 0.25) is 0 Å². The zero-order valence-corrected chi connectivity index (χ0v) is 16.0. The number of nitrogens with zero attached hydrogens (tertiary/aromatic N) is 1. The zero-order valence-electron chi connectivity index (χ0n) is 12.8. The fourth-order valence-corrected chi connectivity index (χ4v) is 4.36. The number of fused-ring (bicyclic) bond motifs is 1. The minimum atomic E-state index is -1.03. The summed E-state index contributed by atoms with van der Waals surface area (Å²) in [6.45, 7) is -0.0347. The number of methoxy groups -OCH3 is 1. The Morgan fingerprint density at radius 3 is 2.80 bits per heavy atom. The Bertz CT molecular complexity index is 868. The van der Waals surface area contributed by atoms with Crippen LogP contribution in [-0.2, 0) is 14.4 Å². The van der Waals surface area contributed by atoms with Crippen LogP contribution in [0.1, 0.15) is 12.0 Å². The van der Waals surface area contributed by atoms with Crippen molar-refractivity contribution in [1.82, 2.24) is 4.90 Å². The van der Waals surface area contributed by atoms with Gasteiger partial charge in [0.2, 0.25) is 0 Å². The summed E-state index contributed by atoms with van der Waals surface area (Å²) in [6, 6.07) is 3.43. The van der Waals surface area contributed by atoms with E-state index in [1.54, 1.807) is 12.1 Å². The minimum Gasteiger partial charge on any atom is -0.495 e. The number of thiocarbonyl (C=S) groups is 1. The number of halogens is 1. The average molecular weight is 443 g/mol. The monoisotopic (exact) mass is 442 g/mol. The number of carbonyl (C=O) groups excluding carboxylic acids is 2. The fraction of sp³-hybridized carbons (Fsp3) is 0.200. The average Bonchev–Trinajstić information content (AvgIpc) is 3.00. The van der Waals surface area contributed by atoms with Gasteiger partial charge in [-0.1, -0.05) is 39.9 Å². The third-order valence-corrected chi connectivity index (χ3v) is 5.55. The van der Waals surface area contributed by atoms with Crippen molar-refractivity contribution in [3.63, 3.8) is 0 Å². The molecule has 0 unspecified atom stereocenters. The molecule has 0 bridgehead atoms. The number of benzene rings is 1. The maximum atomic E-state index is 12.7. The van der Waals surface area contributed by atoms with Crippen molar-refractivity contribution in [3.8, 4) is 5.75 Å². The second-order valence-electron chi connectivity index (χ2n) is 5.16. The summed E-state index contributed by atoms with van der Waals surface area (Å²) in [4.78, 5) is 37.3. The van der Waals surface area contributed by atoms with Crippen LogP contribution in [0.4, 0.5) is 5.69 Å². The molecule has 0 radical (unpaired) electrons. The molecule has 0 aliphatic carbocycles. The number of thioether (sulfide) groups is 1. The lowest BCUT2D eigenvalue weighted by atomic mass is 10.1. The number of carboxylic acid groups (broad SMARTS) is 1. The lowest BCUT2D eigenvalue weighted by Crippen LogP contribution is -2.30. The molecule has 1 aromatic rings. The van der Waals surface area contributed by atoms with Crippen LogP contribution < -0.4 is 10.1 Å². The molecule has 7 nitrogen and oxygen atoms in total. The fourth-order valence-electron chi connectivity index (χ4n) is 2.54. The lowest BCUT2D eigenvalue weighted by molar-refractivity contribution is -0.137. The third kappa shape index (κ3) is 3.16. The summed E-state index contributed by atoms with van der Waals surface area (Å²) < 4.78 is 6.20. The van der Waals surface area contributed by atoms with Crippen LogP contribution >= 0.6 is 39.9 Å². The number of carbonyl (C=O) groups is 3. The quantitative estimate of drug-likeness (QED) is 0.545. The van der Waals surface area contributed by atoms with Crippen LogP contribution in [-0.4, -0.2) is 45.8 Å². The highest BCUT2D eigenvalue weighted by molar-refractivity contribution is 9.10. The van der Waals surface area contributed by atoms with Crippen LogP contribution in [0.5, 0.6) is 5.75 Å². The molecule has 2 heterocycles. The first-order valence-electron chi connectivity index (χ1n) is 7.02. The molecule has 2 aliphatic rings. The van der Waals surface area contributed by atoms with Crippen LogP contribution in [0, 0.1) is 0 Å². The Balaban J connectivity index is 2.06. The predicted octanol–water partition coefficient (Wildman–Crippen LogP) is 2.46. The first-order chi connectivity index (χ1) is 11.8. The topological polar surface area (TPSA) is 95.9 Å². The number of anilines is 1. The van der Waals surface area contributed by atoms with Gasteiger partial charge in [-0.2, -0.15) is 0 Å². The number of aliphatic carboxylic acids is 1. The van der Waals surface area contributed by atoms with E-state index in [0.29, 0.717) is 21.5 Å². The maximum Gasteiger partial charge on any atom is 0.305 e. The lowest BCUT2D eigenvalue weighted by Gasteiger charge is -2.12. The molecule has 1 aromatic carbocycles. The summed E-state index contributed by atoms with van der Waals surface area (Å²) in [6.07, 6.45) is -0.225.